The number of anilines is 1. The minimum atomic E-state index is -0.698. The molecule has 0 fully saturated rings. The zero-order valence-corrected chi connectivity index (χ0v) is 16.4. The molecule has 0 aliphatic carbocycles. The molecule has 2 amide bonds. The molecule has 0 saturated carbocycles. The summed E-state index contributed by atoms with van der Waals surface area (Å²) in [6.07, 6.45) is 3.90. The van der Waals surface area contributed by atoms with E-state index in [9.17, 15) is 14.4 Å². The topological polar surface area (TPSA) is 115 Å². The minimum absolute atomic E-state index is 0.230. The van der Waals surface area contributed by atoms with Gasteiger partial charge in [0.2, 0.25) is 5.91 Å². The van der Waals surface area contributed by atoms with Crippen molar-refractivity contribution in [1.29, 1.82) is 0 Å². The molecule has 2 N–H and O–H groups in total. The lowest BCUT2D eigenvalue weighted by Crippen LogP contribution is -2.32. The molecule has 28 heavy (non-hydrogen) atoms. The molecule has 0 unspecified atom stereocenters. The second kappa shape index (κ2) is 10.4. The van der Waals surface area contributed by atoms with Crippen molar-refractivity contribution in [3.05, 3.63) is 35.9 Å². The fourth-order valence-electron chi connectivity index (χ4n) is 2.20. The number of halogens is 1. The number of carbonyl (C=O) groups is 3. The van der Waals surface area contributed by atoms with E-state index in [1.807, 2.05) is 13.8 Å². The molecule has 150 valence electrons. The van der Waals surface area contributed by atoms with E-state index in [4.69, 9.17) is 16.3 Å². The Morgan fingerprint density at radius 2 is 2.04 bits per heavy atom. The molecule has 0 atom stereocenters. The monoisotopic (exact) mass is 407 g/mol. The van der Waals surface area contributed by atoms with Crippen LogP contribution in [0.2, 0.25) is 5.02 Å². The molecular weight excluding hydrogens is 386 g/mol. The minimum Gasteiger partial charge on any atom is -0.454 e. The van der Waals surface area contributed by atoms with E-state index >= 15 is 0 Å². The number of amides is 2. The summed E-state index contributed by atoms with van der Waals surface area (Å²) < 4.78 is 6.34. The Bertz CT molecular complexity index is 823. The number of nitrogens with one attached hydrogen (secondary N) is 2. The lowest BCUT2D eigenvalue weighted by Gasteiger charge is -2.12. The first kappa shape index (κ1) is 21.4. The molecule has 10 heteroatoms. The smallest absolute Gasteiger partial charge is 0.325 e. The summed E-state index contributed by atoms with van der Waals surface area (Å²) >= 11 is 5.98. The highest BCUT2D eigenvalue weighted by atomic mass is 35.5. The molecular formula is C18H22ClN5O4. The van der Waals surface area contributed by atoms with Gasteiger partial charge in [0.15, 0.2) is 6.61 Å². The fourth-order valence-corrected chi connectivity index (χ4v) is 2.38. The molecule has 0 saturated heterocycles. The summed E-state index contributed by atoms with van der Waals surface area (Å²) in [6, 6.07) is 4.87. The molecule has 1 heterocycles. The van der Waals surface area contributed by atoms with Gasteiger partial charge in [-0.25, -0.2) is 9.67 Å². The predicted molar refractivity (Wildman–Crippen MR) is 103 cm³/mol. The third kappa shape index (κ3) is 6.99. The van der Waals surface area contributed by atoms with Gasteiger partial charge >= 0.3 is 5.97 Å². The van der Waals surface area contributed by atoms with Gasteiger partial charge in [-0.1, -0.05) is 25.4 Å². The summed E-state index contributed by atoms with van der Waals surface area (Å²) in [7, 11) is 0. The maximum Gasteiger partial charge on any atom is 0.325 e. The number of benzene rings is 1. The summed E-state index contributed by atoms with van der Waals surface area (Å²) in [5.74, 6) is -1.08. The second-order valence-electron chi connectivity index (χ2n) is 6.42. The third-order valence-corrected chi connectivity index (χ3v) is 3.88. The van der Waals surface area contributed by atoms with Crippen LogP contribution in [-0.2, 0) is 19.1 Å². The number of hydrogen-bond donors (Lipinski definition) is 2. The van der Waals surface area contributed by atoms with Crippen LogP contribution < -0.4 is 10.6 Å². The lowest BCUT2D eigenvalue weighted by atomic mass is 10.1. The predicted octanol–water partition coefficient (Wildman–Crippen LogP) is 1.95. The molecule has 0 spiro atoms. The van der Waals surface area contributed by atoms with Crippen LogP contribution in [-0.4, -0.2) is 45.7 Å². The molecule has 2 aromatic rings. The Hall–Kier alpha value is -2.94. The van der Waals surface area contributed by atoms with E-state index in [-0.39, 0.29) is 12.5 Å². The molecule has 0 aliphatic heterocycles. The second-order valence-corrected chi connectivity index (χ2v) is 6.86. The number of carbonyl (C=O) groups excluding carboxylic acids is 3. The average molecular weight is 408 g/mol. The van der Waals surface area contributed by atoms with E-state index < -0.39 is 18.5 Å². The number of ether oxygens (including phenoxy) is 1. The molecule has 0 bridgehead atoms. The summed E-state index contributed by atoms with van der Waals surface area (Å²) in [6.45, 7) is 3.23. The van der Waals surface area contributed by atoms with Gasteiger partial charge in [0, 0.05) is 11.4 Å². The lowest BCUT2D eigenvalue weighted by molar-refractivity contribution is -0.147. The first-order chi connectivity index (χ1) is 13.3. The third-order valence-electron chi connectivity index (χ3n) is 3.64. The van der Waals surface area contributed by atoms with E-state index in [0.717, 1.165) is 6.42 Å². The number of aromatic nitrogens is 3. The van der Waals surface area contributed by atoms with Crippen molar-refractivity contribution in [2.75, 3.05) is 18.5 Å². The maximum atomic E-state index is 12.1. The zero-order valence-electron chi connectivity index (χ0n) is 15.6. The Kier molecular flexibility index (Phi) is 7.94. The summed E-state index contributed by atoms with van der Waals surface area (Å²) in [4.78, 5) is 39.2. The van der Waals surface area contributed by atoms with Crippen molar-refractivity contribution >= 4 is 35.1 Å². The van der Waals surface area contributed by atoms with Crippen LogP contribution in [0.3, 0.4) is 0 Å². The highest BCUT2D eigenvalue weighted by Crippen LogP contribution is 2.23. The molecule has 2 rings (SSSR count). The van der Waals surface area contributed by atoms with Crippen molar-refractivity contribution in [2.24, 2.45) is 5.92 Å². The summed E-state index contributed by atoms with van der Waals surface area (Å²) in [5, 5.41) is 9.51. The Balaban J connectivity index is 1.82. The highest BCUT2D eigenvalue weighted by Gasteiger charge is 2.13. The van der Waals surface area contributed by atoms with Crippen LogP contribution in [0.15, 0.2) is 30.9 Å². The van der Waals surface area contributed by atoms with Crippen LogP contribution in [0, 0.1) is 5.92 Å². The Morgan fingerprint density at radius 1 is 1.25 bits per heavy atom. The number of nitrogens with zero attached hydrogens (tertiary/aromatic N) is 3. The maximum absolute atomic E-state index is 12.1. The van der Waals surface area contributed by atoms with Gasteiger partial charge in [-0.15, -0.1) is 0 Å². The van der Waals surface area contributed by atoms with E-state index in [0.29, 0.717) is 28.7 Å². The van der Waals surface area contributed by atoms with Crippen LogP contribution in [0.5, 0.6) is 0 Å². The van der Waals surface area contributed by atoms with Crippen LogP contribution in [0.1, 0.15) is 26.7 Å². The van der Waals surface area contributed by atoms with Gasteiger partial charge in [-0.05, 0) is 30.5 Å². The van der Waals surface area contributed by atoms with E-state index in [2.05, 4.69) is 20.7 Å². The molecule has 0 radical (unpaired) electrons. The van der Waals surface area contributed by atoms with Crippen molar-refractivity contribution in [1.82, 2.24) is 20.1 Å². The number of rotatable bonds is 9. The fraction of sp³-hybridized carbons (Fsp3) is 0.389. The molecule has 1 aromatic heterocycles. The largest absolute Gasteiger partial charge is 0.454 e. The van der Waals surface area contributed by atoms with Gasteiger partial charge in [-0.2, -0.15) is 5.10 Å². The van der Waals surface area contributed by atoms with Gasteiger partial charge in [0.25, 0.3) is 5.91 Å². The highest BCUT2D eigenvalue weighted by molar-refractivity contribution is 6.31. The van der Waals surface area contributed by atoms with E-state index in [1.165, 1.54) is 17.3 Å². The quantitative estimate of drug-likeness (QED) is 0.614. The number of hydrogen-bond acceptors (Lipinski definition) is 6. The zero-order chi connectivity index (χ0) is 20.5. The average Bonchev–Trinajstić information content (AvgIpc) is 3.17. The van der Waals surface area contributed by atoms with Gasteiger partial charge in [0.1, 0.15) is 19.2 Å². The normalized spacial score (nSPS) is 10.6. The van der Waals surface area contributed by atoms with Crippen molar-refractivity contribution in [2.45, 2.75) is 26.7 Å². The standard InChI is InChI=1S/C18H22ClN5O4/c1-12(2)3-6-16(25)21-8-18(27)28-9-17(26)23-14-7-13(19)4-5-15(14)24-11-20-10-22-24/h4-5,7,10-12H,3,6,8-9H2,1-2H3,(H,21,25)(H,23,26). The molecule has 9 nitrogen and oxygen atoms in total. The summed E-state index contributed by atoms with van der Waals surface area (Å²) in [5.41, 5.74) is 0.944. The Labute approximate surface area is 167 Å². The van der Waals surface area contributed by atoms with Crippen LogP contribution >= 0.6 is 11.6 Å². The molecule has 1 aromatic carbocycles. The Morgan fingerprint density at radius 3 is 2.71 bits per heavy atom. The molecule has 0 aliphatic rings. The first-order valence-electron chi connectivity index (χ1n) is 8.72. The van der Waals surface area contributed by atoms with Gasteiger partial charge in [-0.3, -0.25) is 14.4 Å². The van der Waals surface area contributed by atoms with E-state index in [1.54, 1.807) is 18.2 Å². The van der Waals surface area contributed by atoms with Gasteiger partial charge < -0.3 is 15.4 Å². The van der Waals surface area contributed by atoms with Crippen molar-refractivity contribution < 1.29 is 19.1 Å². The van der Waals surface area contributed by atoms with Crippen molar-refractivity contribution in [3.63, 3.8) is 0 Å². The van der Waals surface area contributed by atoms with Gasteiger partial charge in [0.05, 0.1) is 11.4 Å². The van der Waals surface area contributed by atoms with Crippen LogP contribution in [0.4, 0.5) is 5.69 Å². The first-order valence-corrected chi connectivity index (χ1v) is 9.09. The SMILES string of the molecule is CC(C)CCC(=O)NCC(=O)OCC(=O)Nc1cc(Cl)ccc1-n1cncn1. The number of esters is 1. The van der Waals surface area contributed by atoms with Crippen LogP contribution in [0.25, 0.3) is 5.69 Å². The van der Waals surface area contributed by atoms with Crippen molar-refractivity contribution in [3.8, 4) is 5.69 Å².